The highest BCUT2D eigenvalue weighted by Gasteiger charge is 2.26. The van der Waals surface area contributed by atoms with Crippen molar-refractivity contribution in [3.05, 3.63) is 83.7 Å². The van der Waals surface area contributed by atoms with Crippen LogP contribution < -0.4 is 4.74 Å². The third kappa shape index (κ3) is 2.74. The van der Waals surface area contributed by atoms with Gasteiger partial charge >= 0.3 is 0 Å². The third-order valence-electron chi connectivity index (χ3n) is 5.28. The Morgan fingerprint density at radius 2 is 1.85 bits per heavy atom. The summed E-state index contributed by atoms with van der Waals surface area (Å²) in [6, 6.07) is 18.8. The molecule has 27 heavy (non-hydrogen) atoms. The maximum atomic E-state index is 5.59. The monoisotopic (exact) mass is 356 g/mol. The molecule has 4 aromatic rings. The average molecular weight is 356 g/mol. The van der Waals surface area contributed by atoms with Crippen LogP contribution in [0.4, 0.5) is 0 Å². The second-order valence-electron chi connectivity index (χ2n) is 6.89. The van der Waals surface area contributed by atoms with Gasteiger partial charge in [0.15, 0.2) is 5.76 Å². The maximum absolute atomic E-state index is 5.59. The summed E-state index contributed by atoms with van der Waals surface area (Å²) < 4.78 is 13.2. The summed E-state index contributed by atoms with van der Waals surface area (Å²) in [4.78, 5) is 0. The zero-order valence-corrected chi connectivity index (χ0v) is 15.2. The van der Waals surface area contributed by atoms with E-state index < -0.39 is 0 Å². The van der Waals surface area contributed by atoms with Crippen LogP contribution in [0, 0.1) is 0 Å². The largest absolute Gasteiger partial charge is 0.497 e. The van der Waals surface area contributed by atoms with E-state index in [-0.39, 0.29) is 0 Å². The van der Waals surface area contributed by atoms with Crippen molar-refractivity contribution in [2.24, 2.45) is 0 Å². The zero-order chi connectivity index (χ0) is 18.2. The van der Waals surface area contributed by atoms with Crippen LogP contribution in [0.3, 0.4) is 0 Å². The molecule has 5 rings (SSSR count). The lowest BCUT2D eigenvalue weighted by Crippen LogP contribution is -2.03. The molecule has 0 N–H and O–H groups in total. The second kappa shape index (κ2) is 6.47. The molecule has 0 unspecified atom stereocenters. The molecule has 134 valence electrons. The molecule has 0 aliphatic heterocycles. The Kier molecular flexibility index (Phi) is 3.82. The Balaban J connectivity index is 1.64. The van der Waals surface area contributed by atoms with Crippen LogP contribution in [-0.2, 0) is 19.4 Å². The average Bonchev–Trinajstić information content (AvgIpc) is 3.33. The summed E-state index contributed by atoms with van der Waals surface area (Å²) in [6.07, 6.45) is 6.04. The van der Waals surface area contributed by atoms with Crippen molar-refractivity contribution >= 4 is 0 Å². The van der Waals surface area contributed by atoms with E-state index in [1.54, 1.807) is 7.11 Å². The van der Waals surface area contributed by atoms with Gasteiger partial charge in [0, 0.05) is 23.9 Å². The number of ether oxygens (including phenoxy) is 1. The second-order valence-corrected chi connectivity index (χ2v) is 6.89. The summed E-state index contributed by atoms with van der Waals surface area (Å²) in [5.74, 6) is 1.79. The minimum Gasteiger partial charge on any atom is -0.497 e. The van der Waals surface area contributed by atoms with Gasteiger partial charge in [-0.3, -0.25) is 0 Å². The van der Waals surface area contributed by atoms with Crippen LogP contribution in [-0.4, -0.2) is 16.8 Å². The standard InChI is InChI=1S/C23H20N2O2/c1-26-19-10-7-16(8-11-19)14-25-15-21-20(12-9-18-13-24-27-23(18)21)22(25)17-5-3-2-4-6-17/h2-8,10-11,13,15H,9,12,14H2,1H3. The first-order valence-electron chi connectivity index (χ1n) is 9.18. The molecular formula is C23H20N2O2. The molecule has 0 atom stereocenters. The lowest BCUT2D eigenvalue weighted by Gasteiger charge is -2.14. The van der Waals surface area contributed by atoms with Gasteiger partial charge in [-0.15, -0.1) is 0 Å². The highest BCUT2D eigenvalue weighted by atomic mass is 16.5. The van der Waals surface area contributed by atoms with Crippen LogP contribution in [0.2, 0.25) is 0 Å². The van der Waals surface area contributed by atoms with E-state index in [2.05, 4.69) is 58.4 Å². The molecule has 2 heterocycles. The van der Waals surface area contributed by atoms with Gasteiger partial charge in [0.1, 0.15) is 5.75 Å². The topological polar surface area (TPSA) is 40.2 Å². The first-order chi connectivity index (χ1) is 13.3. The van der Waals surface area contributed by atoms with Gasteiger partial charge < -0.3 is 13.8 Å². The molecule has 0 fully saturated rings. The van der Waals surface area contributed by atoms with Crippen LogP contribution in [0.15, 0.2) is 71.5 Å². The molecule has 0 bridgehead atoms. The molecule has 4 heteroatoms. The molecule has 2 aromatic carbocycles. The Morgan fingerprint density at radius 1 is 1.04 bits per heavy atom. The highest BCUT2D eigenvalue weighted by molar-refractivity contribution is 5.78. The lowest BCUT2D eigenvalue weighted by atomic mass is 9.91. The third-order valence-corrected chi connectivity index (χ3v) is 5.28. The van der Waals surface area contributed by atoms with Crippen molar-refractivity contribution in [2.75, 3.05) is 7.11 Å². The summed E-state index contributed by atoms with van der Waals surface area (Å²) in [7, 11) is 1.69. The van der Waals surface area contributed by atoms with E-state index in [0.717, 1.165) is 30.9 Å². The van der Waals surface area contributed by atoms with E-state index in [1.165, 1.54) is 33.5 Å². The van der Waals surface area contributed by atoms with Gasteiger partial charge in [-0.2, -0.15) is 0 Å². The highest BCUT2D eigenvalue weighted by Crippen LogP contribution is 2.40. The fourth-order valence-corrected chi connectivity index (χ4v) is 3.96. The van der Waals surface area contributed by atoms with Gasteiger partial charge in [0.05, 0.1) is 19.0 Å². The Morgan fingerprint density at radius 3 is 2.63 bits per heavy atom. The number of fused-ring (bicyclic) bond motifs is 3. The van der Waals surface area contributed by atoms with Gasteiger partial charge in [-0.1, -0.05) is 47.6 Å². The SMILES string of the molecule is COc1ccc(Cn2cc3c(c2-c2ccccc2)CCc2cnoc2-3)cc1. The lowest BCUT2D eigenvalue weighted by molar-refractivity contribution is 0.414. The fraction of sp³-hybridized carbons (Fsp3) is 0.174. The van der Waals surface area contributed by atoms with Gasteiger partial charge in [-0.05, 0) is 41.7 Å². The summed E-state index contributed by atoms with van der Waals surface area (Å²) >= 11 is 0. The number of benzene rings is 2. The van der Waals surface area contributed by atoms with Crippen LogP contribution in [0.1, 0.15) is 16.7 Å². The Bertz CT molecular complexity index is 1080. The maximum Gasteiger partial charge on any atom is 0.171 e. The minimum atomic E-state index is 0.796. The molecule has 0 amide bonds. The van der Waals surface area contributed by atoms with Crippen molar-refractivity contribution < 1.29 is 9.26 Å². The van der Waals surface area contributed by atoms with Crippen LogP contribution in [0.25, 0.3) is 22.6 Å². The van der Waals surface area contributed by atoms with Crippen LogP contribution in [0.5, 0.6) is 5.75 Å². The number of nitrogens with zero attached hydrogens (tertiary/aromatic N) is 2. The predicted octanol–water partition coefficient (Wildman–Crippen LogP) is 4.97. The number of methoxy groups -OCH3 is 1. The smallest absolute Gasteiger partial charge is 0.171 e. The van der Waals surface area contributed by atoms with E-state index in [4.69, 9.17) is 9.26 Å². The molecule has 0 saturated heterocycles. The molecule has 0 spiro atoms. The van der Waals surface area contributed by atoms with Crippen LogP contribution >= 0.6 is 0 Å². The Labute approximate surface area is 158 Å². The fourth-order valence-electron chi connectivity index (χ4n) is 3.96. The van der Waals surface area contributed by atoms with Crippen molar-refractivity contribution in [1.82, 2.24) is 9.72 Å². The quantitative estimate of drug-likeness (QED) is 0.518. The molecule has 0 saturated carbocycles. The molecule has 2 aromatic heterocycles. The van der Waals surface area contributed by atoms with Crippen molar-refractivity contribution in [3.8, 4) is 28.3 Å². The van der Waals surface area contributed by atoms with Crippen molar-refractivity contribution in [3.63, 3.8) is 0 Å². The summed E-state index contributed by atoms with van der Waals surface area (Å²) in [6.45, 7) is 0.796. The first kappa shape index (κ1) is 15.9. The number of rotatable bonds is 4. The summed E-state index contributed by atoms with van der Waals surface area (Å²) in [5, 5.41) is 4.02. The molecule has 4 nitrogen and oxygen atoms in total. The van der Waals surface area contributed by atoms with E-state index >= 15 is 0 Å². The first-order valence-corrected chi connectivity index (χ1v) is 9.18. The summed E-state index contributed by atoms with van der Waals surface area (Å²) in [5.41, 5.74) is 7.45. The van der Waals surface area contributed by atoms with E-state index in [9.17, 15) is 0 Å². The van der Waals surface area contributed by atoms with Crippen molar-refractivity contribution in [1.29, 1.82) is 0 Å². The van der Waals surface area contributed by atoms with Gasteiger partial charge in [-0.25, -0.2) is 0 Å². The predicted molar refractivity (Wildman–Crippen MR) is 105 cm³/mol. The van der Waals surface area contributed by atoms with Gasteiger partial charge in [0.2, 0.25) is 0 Å². The van der Waals surface area contributed by atoms with E-state index in [0.29, 0.717) is 0 Å². The van der Waals surface area contributed by atoms with E-state index in [1.807, 2.05) is 18.3 Å². The normalized spacial score (nSPS) is 12.5. The molecule has 0 radical (unpaired) electrons. The molecule has 1 aliphatic carbocycles. The Hall–Kier alpha value is -3.27. The number of hydrogen-bond donors (Lipinski definition) is 0. The minimum absolute atomic E-state index is 0.796. The molecule has 1 aliphatic rings. The molecular weight excluding hydrogens is 336 g/mol. The number of hydrogen-bond acceptors (Lipinski definition) is 3. The van der Waals surface area contributed by atoms with Crippen molar-refractivity contribution in [2.45, 2.75) is 19.4 Å². The number of aromatic nitrogens is 2. The zero-order valence-electron chi connectivity index (χ0n) is 15.2. The number of aryl methyl sites for hydroxylation is 1. The van der Waals surface area contributed by atoms with Gasteiger partial charge in [0.25, 0.3) is 0 Å².